The van der Waals surface area contributed by atoms with Crippen LogP contribution in [0.25, 0.3) is 11.4 Å². The molecular formula is C12H17N5. The van der Waals surface area contributed by atoms with Crippen LogP contribution in [0.2, 0.25) is 0 Å². The second-order valence-corrected chi connectivity index (χ2v) is 4.09. The summed E-state index contributed by atoms with van der Waals surface area (Å²) in [6.07, 6.45) is 0.725. The Kier molecular flexibility index (Phi) is 3.39. The number of nitrogens with one attached hydrogen (secondary N) is 1. The van der Waals surface area contributed by atoms with Gasteiger partial charge in [0.2, 0.25) is 0 Å². The maximum atomic E-state index is 5.47. The summed E-state index contributed by atoms with van der Waals surface area (Å²) in [6.45, 7) is 0.578. The Labute approximate surface area is 101 Å². The first-order valence-electron chi connectivity index (χ1n) is 5.60. The molecule has 0 amide bonds. The minimum atomic E-state index is 0.578. The topological polar surface area (TPSA) is 70.8 Å². The van der Waals surface area contributed by atoms with Gasteiger partial charge in [-0.25, -0.2) is 4.98 Å². The molecule has 0 aliphatic heterocycles. The Morgan fingerprint density at radius 1 is 1.24 bits per heavy atom. The predicted molar refractivity (Wildman–Crippen MR) is 68.9 cm³/mol. The van der Waals surface area contributed by atoms with E-state index in [0.29, 0.717) is 6.54 Å². The number of aromatic nitrogens is 3. The van der Waals surface area contributed by atoms with Crippen LogP contribution >= 0.6 is 0 Å². The summed E-state index contributed by atoms with van der Waals surface area (Å²) in [5.74, 6) is 1.55. The third-order valence-corrected chi connectivity index (χ3v) is 2.55. The Morgan fingerprint density at radius 2 is 1.94 bits per heavy atom. The standard InChI is InChI=1S/C12H17N5/c1-17(2)10-5-3-9(4-6-10)12-14-11(7-8-13)15-16-12/h3-6H,7-8,13H2,1-2H3,(H,14,15,16). The summed E-state index contributed by atoms with van der Waals surface area (Å²) >= 11 is 0. The number of hydrogen-bond donors (Lipinski definition) is 2. The number of hydrogen-bond acceptors (Lipinski definition) is 4. The van der Waals surface area contributed by atoms with Crippen molar-refractivity contribution in [1.82, 2.24) is 15.2 Å². The second-order valence-electron chi connectivity index (χ2n) is 4.09. The van der Waals surface area contributed by atoms with Gasteiger partial charge in [-0.1, -0.05) is 0 Å². The molecule has 5 heteroatoms. The Hall–Kier alpha value is -1.88. The zero-order chi connectivity index (χ0) is 12.3. The largest absolute Gasteiger partial charge is 0.378 e. The van der Waals surface area contributed by atoms with Gasteiger partial charge in [-0.15, -0.1) is 0 Å². The maximum Gasteiger partial charge on any atom is 0.181 e. The van der Waals surface area contributed by atoms with Crippen LogP contribution in [0, 0.1) is 0 Å². The molecule has 0 fully saturated rings. The molecule has 5 nitrogen and oxygen atoms in total. The lowest BCUT2D eigenvalue weighted by Crippen LogP contribution is -2.07. The third-order valence-electron chi connectivity index (χ3n) is 2.55. The van der Waals surface area contributed by atoms with Crippen molar-refractivity contribution in [3.8, 4) is 11.4 Å². The highest BCUT2D eigenvalue weighted by molar-refractivity contribution is 5.59. The zero-order valence-corrected chi connectivity index (χ0v) is 10.1. The van der Waals surface area contributed by atoms with E-state index in [2.05, 4.69) is 20.1 Å². The predicted octanol–water partition coefficient (Wildman–Crippen LogP) is 1.04. The van der Waals surface area contributed by atoms with Crippen LogP contribution in [0.4, 0.5) is 5.69 Å². The molecule has 1 aromatic carbocycles. The lowest BCUT2D eigenvalue weighted by Gasteiger charge is -2.11. The van der Waals surface area contributed by atoms with Crippen molar-refractivity contribution in [1.29, 1.82) is 0 Å². The van der Waals surface area contributed by atoms with Crippen LogP contribution in [-0.2, 0) is 6.42 Å². The first kappa shape index (κ1) is 11.6. The molecule has 0 bridgehead atoms. The summed E-state index contributed by atoms with van der Waals surface area (Å²) in [4.78, 5) is 6.44. The molecule has 0 unspecified atom stereocenters. The smallest absolute Gasteiger partial charge is 0.181 e. The Balaban J connectivity index is 2.21. The van der Waals surface area contributed by atoms with Crippen LogP contribution in [-0.4, -0.2) is 35.8 Å². The molecule has 1 aromatic heterocycles. The molecule has 1 heterocycles. The number of anilines is 1. The molecule has 2 aromatic rings. The highest BCUT2D eigenvalue weighted by atomic mass is 15.2. The molecular weight excluding hydrogens is 214 g/mol. The Bertz CT molecular complexity index is 472. The highest BCUT2D eigenvalue weighted by Crippen LogP contribution is 2.19. The highest BCUT2D eigenvalue weighted by Gasteiger charge is 2.05. The van der Waals surface area contributed by atoms with Crippen LogP contribution in [0.3, 0.4) is 0 Å². The van der Waals surface area contributed by atoms with Crippen molar-refractivity contribution in [2.24, 2.45) is 5.73 Å². The number of benzene rings is 1. The molecule has 3 N–H and O–H groups in total. The van der Waals surface area contributed by atoms with Gasteiger partial charge in [0.25, 0.3) is 0 Å². The molecule has 0 saturated carbocycles. The first-order valence-corrected chi connectivity index (χ1v) is 5.60. The summed E-state index contributed by atoms with van der Waals surface area (Å²) in [6, 6.07) is 8.14. The average molecular weight is 231 g/mol. The van der Waals surface area contributed by atoms with E-state index in [1.54, 1.807) is 0 Å². The molecule has 2 rings (SSSR count). The van der Waals surface area contributed by atoms with E-state index in [9.17, 15) is 0 Å². The lowest BCUT2D eigenvalue weighted by molar-refractivity contribution is 0.874. The molecule has 0 atom stereocenters. The van der Waals surface area contributed by atoms with Crippen molar-refractivity contribution in [2.75, 3.05) is 25.5 Å². The normalized spacial score (nSPS) is 10.5. The molecule has 0 radical (unpaired) electrons. The van der Waals surface area contributed by atoms with E-state index in [-0.39, 0.29) is 0 Å². The van der Waals surface area contributed by atoms with Crippen LogP contribution in [0.15, 0.2) is 24.3 Å². The van der Waals surface area contributed by atoms with Crippen molar-refractivity contribution >= 4 is 5.69 Å². The molecule has 0 aliphatic carbocycles. The number of H-pyrrole nitrogens is 1. The molecule has 17 heavy (non-hydrogen) atoms. The summed E-state index contributed by atoms with van der Waals surface area (Å²) in [7, 11) is 4.03. The molecule has 90 valence electrons. The molecule has 0 saturated heterocycles. The fraction of sp³-hybridized carbons (Fsp3) is 0.333. The van der Waals surface area contributed by atoms with E-state index < -0.39 is 0 Å². The fourth-order valence-electron chi connectivity index (χ4n) is 1.58. The van der Waals surface area contributed by atoms with Gasteiger partial charge in [0.1, 0.15) is 5.82 Å². The fourth-order valence-corrected chi connectivity index (χ4v) is 1.58. The zero-order valence-electron chi connectivity index (χ0n) is 10.1. The van der Waals surface area contributed by atoms with Gasteiger partial charge in [0.15, 0.2) is 5.82 Å². The van der Waals surface area contributed by atoms with Crippen molar-refractivity contribution in [2.45, 2.75) is 6.42 Å². The third kappa shape index (κ3) is 2.62. The van der Waals surface area contributed by atoms with Gasteiger partial charge < -0.3 is 10.6 Å². The monoisotopic (exact) mass is 231 g/mol. The molecule has 0 aliphatic rings. The van der Waals surface area contributed by atoms with E-state index in [4.69, 9.17) is 5.73 Å². The summed E-state index contributed by atoms with van der Waals surface area (Å²) in [5, 5.41) is 7.07. The number of nitrogens with two attached hydrogens (primary N) is 1. The van der Waals surface area contributed by atoms with Gasteiger partial charge in [0, 0.05) is 31.8 Å². The maximum absolute atomic E-state index is 5.47. The van der Waals surface area contributed by atoms with Crippen molar-refractivity contribution in [3.63, 3.8) is 0 Å². The van der Waals surface area contributed by atoms with Gasteiger partial charge in [-0.3, -0.25) is 5.10 Å². The lowest BCUT2D eigenvalue weighted by atomic mass is 10.2. The van der Waals surface area contributed by atoms with Gasteiger partial charge in [0.05, 0.1) is 0 Å². The quantitative estimate of drug-likeness (QED) is 0.824. The van der Waals surface area contributed by atoms with E-state index >= 15 is 0 Å². The average Bonchev–Trinajstić information content (AvgIpc) is 2.78. The number of nitrogens with zero attached hydrogens (tertiary/aromatic N) is 3. The Morgan fingerprint density at radius 3 is 2.53 bits per heavy atom. The summed E-state index contributed by atoms with van der Waals surface area (Å²) < 4.78 is 0. The van der Waals surface area contributed by atoms with E-state index in [1.807, 2.05) is 38.4 Å². The van der Waals surface area contributed by atoms with Crippen LogP contribution < -0.4 is 10.6 Å². The van der Waals surface area contributed by atoms with E-state index in [0.717, 1.165) is 29.3 Å². The molecule has 0 spiro atoms. The minimum absolute atomic E-state index is 0.578. The minimum Gasteiger partial charge on any atom is -0.378 e. The summed E-state index contributed by atoms with van der Waals surface area (Å²) in [5.41, 5.74) is 7.64. The van der Waals surface area contributed by atoms with E-state index in [1.165, 1.54) is 0 Å². The van der Waals surface area contributed by atoms with Crippen molar-refractivity contribution in [3.05, 3.63) is 30.1 Å². The number of rotatable bonds is 4. The first-order chi connectivity index (χ1) is 8.20. The second kappa shape index (κ2) is 4.97. The SMILES string of the molecule is CN(C)c1ccc(-c2n[nH]c(CCN)n2)cc1. The van der Waals surface area contributed by atoms with Crippen molar-refractivity contribution < 1.29 is 0 Å². The van der Waals surface area contributed by atoms with Gasteiger partial charge in [-0.2, -0.15) is 5.10 Å². The van der Waals surface area contributed by atoms with Crippen LogP contribution in [0.1, 0.15) is 5.82 Å². The number of aromatic amines is 1. The van der Waals surface area contributed by atoms with Gasteiger partial charge >= 0.3 is 0 Å². The van der Waals surface area contributed by atoms with Gasteiger partial charge in [-0.05, 0) is 30.8 Å². The van der Waals surface area contributed by atoms with Crippen LogP contribution in [0.5, 0.6) is 0 Å².